The number of hydrogen-bond donors (Lipinski definition) is 6. The highest BCUT2D eigenvalue weighted by Gasteiger charge is 2.20. The molecule has 2 amide bonds. The molecular weight excluding hydrogens is 1180 g/mol. The summed E-state index contributed by atoms with van der Waals surface area (Å²) in [6.07, 6.45) is 4.24. The number of esters is 2. The molecule has 89 heavy (non-hydrogen) atoms. The number of alkyl carbamates (subject to hydrolysis) is 2. The summed E-state index contributed by atoms with van der Waals surface area (Å²) in [4.78, 5) is 82.9. The van der Waals surface area contributed by atoms with Crippen LogP contribution in [0.5, 0.6) is 23.0 Å². The van der Waals surface area contributed by atoms with Crippen molar-refractivity contribution in [2.45, 2.75) is 105 Å². The fourth-order valence-corrected chi connectivity index (χ4v) is 7.06. The maximum Gasteiger partial charge on any atom is 0.407 e. The number of nitrogens with two attached hydrogens (primary N) is 1. The highest BCUT2D eigenvalue weighted by Crippen LogP contribution is 2.30. The molecule has 0 aliphatic rings. The Morgan fingerprint density at radius 1 is 0.517 bits per heavy atom. The Hall–Kier alpha value is -9.99. The number of amides is 2. The average molecular weight is 1260 g/mol. The Morgan fingerprint density at radius 3 is 1.24 bits per heavy atom. The van der Waals surface area contributed by atoms with Crippen molar-refractivity contribution in [1.29, 1.82) is 0 Å². The first-order valence-corrected chi connectivity index (χ1v) is 28.7. The number of ether oxygens (including phenoxy) is 8. The summed E-state index contributed by atoms with van der Waals surface area (Å²) in [5, 5.41) is 36.7. The van der Waals surface area contributed by atoms with Crippen LogP contribution in [0.2, 0.25) is 5.28 Å². The number of anilines is 7. The van der Waals surface area contributed by atoms with Crippen molar-refractivity contribution in [3.8, 4) is 23.0 Å². The highest BCUT2D eigenvalue weighted by molar-refractivity contribution is 6.28. The quantitative estimate of drug-likeness (QED) is 0.00464. The molecule has 2 heterocycles. The van der Waals surface area contributed by atoms with Gasteiger partial charge in [-0.05, 0) is 190 Å². The third-order valence-electron chi connectivity index (χ3n) is 10.8. The molecule has 0 unspecified atom stereocenters. The molecule has 0 saturated heterocycles. The van der Waals surface area contributed by atoms with E-state index in [9.17, 15) is 39.4 Å². The monoisotopic (exact) mass is 1260 g/mol. The Bertz CT molecular complexity index is 3170. The molecule has 0 aliphatic carbocycles. The van der Waals surface area contributed by atoms with Gasteiger partial charge in [-0.25, -0.2) is 19.6 Å². The molecule has 6 rings (SSSR count). The van der Waals surface area contributed by atoms with Gasteiger partial charge in [0.1, 0.15) is 46.6 Å². The minimum absolute atomic E-state index is 0.00175. The lowest BCUT2D eigenvalue weighted by Crippen LogP contribution is -2.33. The van der Waals surface area contributed by atoms with Gasteiger partial charge in [-0.2, -0.15) is 9.97 Å². The van der Waals surface area contributed by atoms with Crippen molar-refractivity contribution in [2.24, 2.45) is 0 Å². The van der Waals surface area contributed by atoms with Crippen LogP contribution in [-0.2, 0) is 28.5 Å². The van der Waals surface area contributed by atoms with E-state index in [1.165, 1.54) is 0 Å². The number of nitro groups is 2. The van der Waals surface area contributed by atoms with Gasteiger partial charge in [0.2, 0.25) is 22.9 Å². The van der Waals surface area contributed by atoms with Crippen molar-refractivity contribution in [3.63, 3.8) is 0 Å². The number of carbonyl (C=O) groups excluding carboxylic acids is 4. The Balaban J connectivity index is 0.000000317. The van der Waals surface area contributed by atoms with Crippen molar-refractivity contribution in [2.75, 3.05) is 74.4 Å². The van der Waals surface area contributed by atoms with E-state index in [0.29, 0.717) is 125 Å². The summed E-state index contributed by atoms with van der Waals surface area (Å²) in [7, 11) is 0. The van der Waals surface area contributed by atoms with Gasteiger partial charge < -0.3 is 70.2 Å². The lowest BCUT2D eigenvalue weighted by molar-refractivity contribution is -0.384. The molecule has 0 aliphatic heterocycles. The van der Waals surface area contributed by atoms with E-state index < -0.39 is 33.2 Å². The summed E-state index contributed by atoms with van der Waals surface area (Å²) >= 11 is 5.69. The second-order valence-corrected chi connectivity index (χ2v) is 20.9. The molecule has 0 radical (unpaired) electrons. The van der Waals surface area contributed by atoms with Gasteiger partial charge in [-0.15, -0.1) is 0 Å². The Kier molecular flexibility index (Phi) is 30.2. The maximum atomic E-state index is 11.7. The molecule has 0 bridgehead atoms. The zero-order valence-electron chi connectivity index (χ0n) is 51.0. The summed E-state index contributed by atoms with van der Waals surface area (Å²) < 4.78 is 42.4. The number of aromatic nitrogens is 4. The van der Waals surface area contributed by atoms with Gasteiger partial charge in [-0.3, -0.25) is 29.8 Å². The van der Waals surface area contributed by atoms with Gasteiger partial charge in [0.15, 0.2) is 0 Å². The number of nitrogen functional groups attached to an aromatic ring is 1. The highest BCUT2D eigenvalue weighted by atomic mass is 35.5. The molecule has 0 saturated carbocycles. The third-order valence-corrected chi connectivity index (χ3v) is 11.0. The van der Waals surface area contributed by atoms with Crippen LogP contribution in [0.4, 0.5) is 61.3 Å². The normalized spacial score (nSPS) is 10.7. The summed E-state index contributed by atoms with van der Waals surface area (Å²) in [5.41, 5.74) is 6.46. The van der Waals surface area contributed by atoms with Crippen molar-refractivity contribution < 1.29 is 66.9 Å². The second kappa shape index (κ2) is 37.5. The zero-order valence-corrected chi connectivity index (χ0v) is 51.7. The largest absolute Gasteiger partial charge is 0.494 e. The molecule has 29 heteroatoms. The number of halogens is 1. The number of hydrogen-bond acceptors (Lipinski definition) is 24. The first kappa shape index (κ1) is 71.5. The first-order valence-electron chi connectivity index (χ1n) is 28.3. The molecule has 0 spiro atoms. The predicted molar refractivity (Wildman–Crippen MR) is 334 cm³/mol. The van der Waals surface area contributed by atoms with Gasteiger partial charge in [-0.1, -0.05) is 0 Å². The van der Waals surface area contributed by atoms with Crippen molar-refractivity contribution >= 4 is 87.4 Å². The van der Waals surface area contributed by atoms with E-state index in [2.05, 4.69) is 46.5 Å². The third kappa shape index (κ3) is 30.3. The first-order chi connectivity index (χ1) is 42.4. The van der Waals surface area contributed by atoms with Gasteiger partial charge >= 0.3 is 35.5 Å². The zero-order chi connectivity index (χ0) is 65.2. The predicted octanol–water partition coefficient (Wildman–Crippen LogP) is 12.0. The fraction of sp³-hybridized carbons (Fsp3) is 0.400. The summed E-state index contributed by atoms with van der Waals surface area (Å²) in [6, 6.07) is 27.8. The summed E-state index contributed by atoms with van der Waals surface area (Å²) in [5.74, 6) is 2.24. The molecule has 28 nitrogen and oxygen atoms in total. The Morgan fingerprint density at radius 2 is 0.865 bits per heavy atom. The van der Waals surface area contributed by atoms with E-state index in [4.69, 9.17) is 55.2 Å². The maximum absolute atomic E-state index is 11.7. The minimum atomic E-state index is -0.598. The van der Waals surface area contributed by atoms with Crippen LogP contribution in [0.25, 0.3) is 0 Å². The standard InChI is InChI=1S/C30H38N6O8.C16H17ClN4O5.C14H22N2O3/c1-5-41-26(37)8-6-18-42-23-13-9-21(10-14-23)33-27-25(36(39)40)20-32-28(35-27)34-22-11-15-24(16-12-22)43-19-7-17-31-29(38)44-30(2,3)4;1-2-25-14(22)4-3-9-26-12-7-5-11(6-8-12)19-15-13(21(23)24)10-18-16(17)20-15;1-14(2,3)19-13(17)16-9-4-10-18-12-7-5-11(15)6-8-12/h9-16,20H,5-8,17-19H2,1-4H3,(H,31,38)(H2,32,33,34,35);5-8,10H,2-4,9H2,1H3,(H,18,19,20);5-8H,4,9-10,15H2,1-3H3,(H,16,17). The van der Waals surface area contributed by atoms with Gasteiger partial charge in [0, 0.05) is 48.7 Å². The number of carbonyl (C=O) groups is 4. The smallest absolute Gasteiger partial charge is 0.407 e. The SMILES string of the molecule is CC(C)(C)OC(=O)NCCCOc1ccc(N)cc1.CCOC(=O)CCCOc1ccc(Nc2nc(Cl)ncc2[N+](=O)[O-])cc1.CCOC(=O)CCCOc1ccc(Nc2nc(Nc3ccc(OCCCNC(=O)OC(C)(C)C)cc3)ncc2[N+](=O)[O-])cc1. The average Bonchev–Trinajstić information content (AvgIpc) is 3.01. The van der Waals surface area contributed by atoms with E-state index in [1.54, 1.807) is 120 Å². The van der Waals surface area contributed by atoms with Gasteiger partial charge in [0.25, 0.3) is 0 Å². The van der Waals surface area contributed by atoms with Crippen LogP contribution in [-0.4, -0.2) is 118 Å². The molecule has 7 N–H and O–H groups in total. The lowest BCUT2D eigenvalue weighted by atomic mass is 10.2. The van der Waals surface area contributed by atoms with Crippen LogP contribution < -0.4 is 51.3 Å². The molecule has 2 aromatic heterocycles. The second-order valence-electron chi connectivity index (χ2n) is 20.6. The van der Waals surface area contributed by atoms with Gasteiger partial charge in [0.05, 0.1) is 49.5 Å². The molecule has 480 valence electrons. The lowest BCUT2D eigenvalue weighted by Gasteiger charge is -2.19. The van der Waals surface area contributed by atoms with Crippen molar-refractivity contribution in [3.05, 3.63) is 135 Å². The molecule has 0 fully saturated rings. The fourth-order valence-electron chi connectivity index (χ4n) is 6.92. The Labute approximate surface area is 520 Å². The van der Waals surface area contributed by atoms with Crippen molar-refractivity contribution in [1.82, 2.24) is 30.6 Å². The van der Waals surface area contributed by atoms with E-state index in [1.807, 2.05) is 32.9 Å². The number of nitrogens with zero attached hydrogens (tertiary/aromatic N) is 6. The number of benzene rings is 4. The molecule has 0 atom stereocenters. The molecule has 6 aromatic rings. The minimum Gasteiger partial charge on any atom is -0.494 e. The van der Waals surface area contributed by atoms with Crippen LogP contribution in [0.15, 0.2) is 109 Å². The van der Waals surface area contributed by atoms with Crippen LogP contribution >= 0.6 is 11.6 Å². The topological polar surface area (TPSA) is 366 Å². The van der Waals surface area contributed by atoms with E-state index in [0.717, 1.165) is 18.1 Å². The summed E-state index contributed by atoms with van der Waals surface area (Å²) in [6.45, 7) is 17.7. The van der Waals surface area contributed by atoms with Crippen LogP contribution in [0, 0.1) is 20.2 Å². The van der Waals surface area contributed by atoms with Crippen LogP contribution in [0.1, 0.15) is 93.9 Å². The molecular formula is C60H77ClN12O16. The number of rotatable bonds is 30. The number of nitrogens with one attached hydrogen (secondary N) is 5. The van der Waals surface area contributed by atoms with E-state index >= 15 is 0 Å². The van der Waals surface area contributed by atoms with E-state index in [-0.39, 0.29) is 52.6 Å². The van der Waals surface area contributed by atoms with Crippen LogP contribution in [0.3, 0.4) is 0 Å². The molecule has 4 aromatic carbocycles.